The van der Waals surface area contributed by atoms with Crippen LogP contribution in [0, 0.1) is 3.57 Å². The molecule has 1 aliphatic rings. The van der Waals surface area contributed by atoms with Gasteiger partial charge in [-0.2, -0.15) is 0 Å². The molecular weight excluding hydrogens is 351 g/mol. The minimum atomic E-state index is 0. The maximum absolute atomic E-state index is 12.2. The molecule has 17 heavy (non-hydrogen) atoms. The molecule has 0 aromatic heterocycles. The molecule has 1 aromatic carbocycles. The maximum Gasteiger partial charge on any atom is 0.253 e. The lowest BCUT2D eigenvalue weighted by atomic mass is 10.2. The Morgan fingerprint density at radius 3 is 2.88 bits per heavy atom. The van der Waals surface area contributed by atoms with Crippen LogP contribution in [0.3, 0.4) is 0 Å². The summed E-state index contributed by atoms with van der Waals surface area (Å²) in [5.74, 6) is 0.155. The van der Waals surface area contributed by atoms with Gasteiger partial charge in [0.25, 0.3) is 5.91 Å². The smallest absolute Gasteiger partial charge is 0.253 e. The fourth-order valence-corrected chi connectivity index (χ4v) is 2.40. The van der Waals surface area contributed by atoms with E-state index in [-0.39, 0.29) is 18.3 Å². The number of amides is 1. The van der Waals surface area contributed by atoms with Crippen LogP contribution in [-0.2, 0) is 0 Å². The van der Waals surface area contributed by atoms with Crippen molar-refractivity contribution in [2.24, 2.45) is 0 Å². The summed E-state index contributed by atoms with van der Waals surface area (Å²) in [6.07, 6.45) is 1.04. The quantitative estimate of drug-likeness (QED) is 0.773. The Morgan fingerprint density at radius 2 is 2.12 bits per heavy atom. The SMILES string of the molecule is Cl.O=C(c1cccc(I)c1)N1CCCNCC1. The summed E-state index contributed by atoms with van der Waals surface area (Å²) in [6, 6.07) is 7.77. The summed E-state index contributed by atoms with van der Waals surface area (Å²) in [4.78, 5) is 14.1. The molecule has 3 nitrogen and oxygen atoms in total. The highest BCUT2D eigenvalue weighted by molar-refractivity contribution is 14.1. The summed E-state index contributed by atoms with van der Waals surface area (Å²) in [6.45, 7) is 3.58. The van der Waals surface area contributed by atoms with Gasteiger partial charge in [0.1, 0.15) is 0 Å². The van der Waals surface area contributed by atoms with Crippen molar-refractivity contribution in [1.29, 1.82) is 0 Å². The van der Waals surface area contributed by atoms with Crippen LogP contribution in [0.2, 0.25) is 0 Å². The monoisotopic (exact) mass is 366 g/mol. The summed E-state index contributed by atoms with van der Waals surface area (Å²) in [5.41, 5.74) is 0.800. The van der Waals surface area contributed by atoms with Crippen LogP contribution in [0.4, 0.5) is 0 Å². The molecule has 1 aromatic rings. The lowest BCUT2D eigenvalue weighted by Gasteiger charge is -2.19. The lowest BCUT2D eigenvalue weighted by Crippen LogP contribution is -2.34. The largest absolute Gasteiger partial charge is 0.337 e. The van der Waals surface area contributed by atoms with Gasteiger partial charge in [0.2, 0.25) is 0 Å². The Labute approximate surface area is 122 Å². The predicted octanol–water partition coefficient (Wildman–Crippen LogP) is 2.15. The van der Waals surface area contributed by atoms with Crippen LogP contribution in [0.15, 0.2) is 24.3 Å². The fourth-order valence-electron chi connectivity index (χ4n) is 1.85. The summed E-state index contributed by atoms with van der Waals surface area (Å²) in [7, 11) is 0. The zero-order chi connectivity index (χ0) is 11.4. The Morgan fingerprint density at radius 1 is 1.29 bits per heavy atom. The van der Waals surface area contributed by atoms with Gasteiger partial charge in [0.05, 0.1) is 0 Å². The van der Waals surface area contributed by atoms with Crippen molar-refractivity contribution in [3.8, 4) is 0 Å². The van der Waals surface area contributed by atoms with Gasteiger partial charge in [-0.25, -0.2) is 0 Å². The number of carbonyl (C=O) groups excluding carboxylic acids is 1. The van der Waals surface area contributed by atoms with Crippen LogP contribution < -0.4 is 5.32 Å². The Kier molecular flexibility index (Phi) is 6.22. The zero-order valence-electron chi connectivity index (χ0n) is 9.49. The number of carbonyl (C=O) groups is 1. The highest BCUT2D eigenvalue weighted by Crippen LogP contribution is 2.11. The van der Waals surface area contributed by atoms with Crippen molar-refractivity contribution in [1.82, 2.24) is 10.2 Å². The molecule has 0 spiro atoms. The van der Waals surface area contributed by atoms with E-state index >= 15 is 0 Å². The average Bonchev–Trinajstić information content (AvgIpc) is 2.56. The number of nitrogens with one attached hydrogen (secondary N) is 1. The number of nitrogens with zero attached hydrogens (tertiary/aromatic N) is 1. The maximum atomic E-state index is 12.2. The second-order valence-electron chi connectivity index (χ2n) is 3.91. The highest BCUT2D eigenvalue weighted by atomic mass is 127. The molecular formula is C12H16ClIN2O. The van der Waals surface area contributed by atoms with E-state index in [4.69, 9.17) is 0 Å². The van der Waals surface area contributed by atoms with Gasteiger partial charge in [0.15, 0.2) is 0 Å². The van der Waals surface area contributed by atoms with Crippen molar-refractivity contribution in [2.75, 3.05) is 26.2 Å². The topological polar surface area (TPSA) is 32.3 Å². The zero-order valence-corrected chi connectivity index (χ0v) is 12.5. The van der Waals surface area contributed by atoms with Crippen molar-refractivity contribution >= 4 is 40.9 Å². The molecule has 94 valence electrons. The molecule has 2 rings (SSSR count). The van der Waals surface area contributed by atoms with Gasteiger partial charge in [-0.05, 0) is 53.8 Å². The second-order valence-corrected chi connectivity index (χ2v) is 5.15. The summed E-state index contributed by atoms with van der Waals surface area (Å²) >= 11 is 2.23. The van der Waals surface area contributed by atoms with Crippen LogP contribution in [0.1, 0.15) is 16.8 Å². The normalized spacial score (nSPS) is 15.9. The molecule has 1 fully saturated rings. The molecule has 0 aliphatic carbocycles. The van der Waals surface area contributed by atoms with E-state index in [9.17, 15) is 4.79 Å². The predicted molar refractivity (Wildman–Crippen MR) is 79.8 cm³/mol. The lowest BCUT2D eigenvalue weighted by molar-refractivity contribution is 0.0766. The van der Waals surface area contributed by atoms with Crippen molar-refractivity contribution < 1.29 is 4.79 Å². The van der Waals surface area contributed by atoms with Crippen LogP contribution in [0.5, 0.6) is 0 Å². The fraction of sp³-hybridized carbons (Fsp3) is 0.417. The molecule has 0 atom stereocenters. The number of rotatable bonds is 1. The van der Waals surface area contributed by atoms with E-state index in [2.05, 4.69) is 27.9 Å². The molecule has 1 saturated heterocycles. The molecule has 0 radical (unpaired) electrons. The van der Waals surface area contributed by atoms with Gasteiger partial charge in [-0.1, -0.05) is 6.07 Å². The minimum Gasteiger partial charge on any atom is -0.337 e. The Hall–Kier alpha value is -0.330. The van der Waals surface area contributed by atoms with Gasteiger partial charge in [-0.3, -0.25) is 4.79 Å². The van der Waals surface area contributed by atoms with E-state index in [0.717, 1.165) is 41.7 Å². The first kappa shape index (κ1) is 14.7. The highest BCUT2D eigenvalue weighted by Gasteiger charge is 2.16. The Bertz CT molecular complexity index is 379. The molecule has 5 heteroatoms. The molecule has 1 aliphatic heterocycles. The van der Waals surface area contributed by atoms with Crippen LogP contribution >= 0.6 is 35.0 Å². The van der Waals surface area contributed by atoms with Gasteiger partial charge >= 0.3 is 0 Å². The standard InChI is InChI=1S/C12H15IN2O.ClH/c13-11-4-1-3-10(9-11)12(16)15-7-2-5-14-6-8-15;/h1,3-4,9,14H,2,5-8H2;1H. The van der Waals surface area contributed by atoms with Crippen molar-refractivity contribution in [3.63, 3.8) is 0 Å². The minimum absolute atomic E-state index is 0. The number of hydrogen-bond acceptors (Lipinski definition) is 2. The molecule has 1 heterocycles. The third-order valence-corrected chi connectivity index (χ3v) is 3.37. The number of benzene rings is 1. The molecule has 1 N–H and O–H groups in total. The molecule has 1 amide bonds. The molecule has 0 bridgehead atoms. The van der Waals surface area contributed by atoms with E-state index in [1.807, 2.05) is 29.2 Å². The van der Waals surface area contributed by atoms with Crippen LogP contribution in [0.25, 0.3) is 0 Å². The summed E-state index contributed by atoms with van der Waals surface area (Å²) < 4.78 is 1.11. The molecule has 0 unspecified atom stereocenters. The first-order valence-corrected chi connectivity index (χ1v) is 6.61. The third-order valence-electron chi connectivity index (χ3n) is 2.70. The van der Waals surface area contributed by atoms with Crippen molar-refractivity contribution in [3.05, 3.63) is 33.4 Å². The van der Waals surface area contributed by atoms with Gasteiger partial charge in [0, 0.05) is 28.8 Å². The van der Waals surface area contributed by atoms with Gasteiger partial charge < -0.3 is 10.2 Å². The first-order chi connectivity index (χ1) is 7.77. The molecule has 0 saturated carbocycles. The van der Waals surface area contributed by atoms with Crippen molar-refractivity contribution in [2.45, 2.75) is 6.42 Å². The first-order valence-electron chi connectivity index (χ1n) is 5.53. The number of halogens is 2. The van der Waals surface area contributed by atoms with E-state index < -0.39 is 0 Å². The van der Waals surface area contributed by atoms with E-state index in [1.165, 1.54) is 0 Å². The van der Waals surface area contributed by atoms with Crippen LogP contribution in [-0.4, -0.2) is 37.0 Å². The summed E-state index contributed by atoms with van der Waals surface area (Å²) in [5, 5.41) is 3.30. The van der Waals surface area contributed by atoms with E-state index in [1.54, 1.807) is 0 Å². The second kappa shape index (κ2) is 7.18. The third kappa shape index (κ3) is 4.12. The Balaban J connectivity index is 0.00000144. The van der Waals surface area contributed by atoms with Gasteiger partial charge in [-0.15, -0.1) is 12.4 Å². The number of hydrogen-bond donors (Lipinski definition) is 1. The van der Waals surface area contributed by atoms with E-state index in [0.29, 0.717) is 0 Å². The average molecular weight is 367 g/mol.